The van der Waals surface area contributed by atoms with E-state index >= 15 is 0 Å². The van der Waals surface area contributed by atoms with E-state index in [1.807, 2.05) is 19.9 Å². The van der Waals surface area contributed by atoms with Crippen molar-refractivity contribution >= 4 is 46.1 Å². The molecule has 3 fully saturated rings. The van der Waals surface area contributed by atoms with Crippen LogP contribution in [-0.2, 0) is 16.6 Å². The molecule has 2 saturated heterocycles. The van der Waals surface area contributed by atoms with E-state index in [0.717, 1.165) is 31.2 Å². The van der Waals surface area contributed by atoms with Crippen LogP contribution in [0.1, 0.15) is 62.6 Å². The van der Waals surface area contributed by atoms with Crippen molar-refractivity contribution in [3.8, 4) is 6.07 Å². The van der Waals surface area contributed by atoms with Gasteiger partial charge in [-0.05, 0) is 45.3 Å². The van der Waals surface area contributed by atoms with Gasteiger partial charge in [0.05, 0.1) is 17.1 Å². The molecule has 2 unspecified atom stereocenters. The van der Waals surface area contributed by atoms with Crippen LogP contribution in [0, 0.1) is 18.3 Å². The average molecular weight is 487 g/mol. The zero-order valence-corrected chi connectivity index (χ0v) is 21.2. The number of anilines is 1. The maximum Gasteiger partial charge on any atom is 0.270 e. The lowest BCUT2D eigenvalue weighted by Gasteiger charge is -2.38. The largest absolute Gasteiger partial charge is 0.372 e. The molecule has 1 aromatic rings. The Morgan fingerprint density at radius 1 is 1.15 bits per heavy atom. The summed E-state index contributed by atoms with van der Waals surface area (Å²) in [5.41, 5.74) is 1.08. The molecule has 9 heteroatoms. The molecule has 0 radical (unpaired) electrons. The van der Waals surface area contributed by atoms with E-state index in [4.69, 9.17) is 17.0 Å². The topological polar surface area (TPSA) is 78.6 Å². The van der Waals surface area contributed by atoms with Crippen LogP contribution in [0.25, 0.3) is 6.08 Å². The number of nitriles is 1. The summed E-state index contributed by atoms with van der Waals surface area (Å²) in [4.78, 5) is 30.8. The SMILES string of the molecule is Cc1c(/C=C2\SC(=S)N(C3CCCCC3)C2=O)c(N2CC(C)OC(C)C2)n(C)c(=O)c1C#N. The third-order valence-electron chi connectivity index (χ3n) is 6.73. The van der Waals surface area contributed by atoms with E-state index in [9.17, 15) is 14.9 Å². The molecular formula is C24H30N4O3S2. The Hall–Kier alpha value is -2.15. The molecule has 1 amide bonds. The molecule has 1 aromatic heterocycles. The maximum atomic E-state index is 13.4. The third kappa shape index (κ3) is 4.48. The highest BCUT2D eigenvalue weighted by molar-refractivity contribution is 8.26. The quantitative estimate of drug-likeness (QED) is 0.476. The van der Waals surface area contributed by atoms with Crippen LogP contribution in [0.5, 0.6) is 0 Å². The smallest absolute Gasteiger partial charge is 0.270 e. The van der Waals surface area contributed by atoms with Crippen LogP contribution in [-0.4, -0.2) is 51.0 Å². The molecule has 3 aliphatic rings. The van der Waals surface area contributed by atoms with Gasteiger partial charge in [-0.15, -0.1) is 0 Å². The van der Waals surface area contributed by atoms with Crippen molar-refractivity contribution in [3.05, 3.63) is 31.9 Å². The van der Waals surface area contributed by atoms with Gasteiger partial charge in [0.1, 0.15) is 21.8 Å². The molecule has 0 N–H and O–H groups in total. The summed E-state index contributed by atoms with van der Waals surface area (Å²) >= 11 is 6.92. The van der Waals surface area contributed by atoms with E-state index in [1.165, 1.54) is 22.7 Å². The fourth-order valence-corrected chi connectivity index (χ4v) is 6.59. The van der Waals surface area contributed by atoms with Crippen LogP contribution in [0.3, 0.4) is 0 Å². The van der Waals surface area contributed by atoms with E-state index in [0.29, 0.717) is 33.7 Å². The second kappa shape index (κ2) is 9.61. The zero-order valence-electron chi connectivity index (χ0n) is 19.6. The summed E-state index contributed by atoms with van der Waals surface area (Å²) in [5, 5.41) is 9.68. The van der Waals surface area contributed by atoms with Crippen molar-refractivity contribution < 1.29 is 9.53 Å². The van der Waals surface area contributed by atoms with E-state index in [1.54, 1.807) is 18.9 Å². The number of amides is 1. The van der Waals surface area contributed by atoms with Crippen LogP contribution in [0.15, 0.2) is 9.70 Å². The number of hydrogen-bond acceptors (Lipinski definition) is 7. The second-order valence-electron chi connectivity index (χ2n) is 9.22. The summed E-state index contributed by atoms with van der Waals surface area (Å²) in [6, 6.07) is 2.22. The van der Waals surface area contributed by atoms with E-state index < -0.39 is 0 Å². The Morgan fingerprint density at radius 3 is 2.39 bits per heavy atom. The minimum atomic E-state index is -0.330. The van der Waals surface area contributed by atoms with Gasteiger partial charge in [0.2, 0.25) is 0 Å². The molecule has 3 heterocycles. The second-order valence-corrected chi connectivity index (χ2v) is 10.9. The summed E-state index contributed by atoms with van der Waals surface area (Å²) in [5.74, 6) is 0.639. The van der Waals surface area contributed by atoms with Crippen molar-refractivity contribution in [2.45, 2.75) is 71.1 Å². The van der Waals surface area contributed by atoms with Gasteiger partial charge in [-0.25, -0.2) is 0 Å². The molecular weight excluding hydrogens is 456 g/mol. The minimum absolute atomic E-state index is 0.00263. The number of nitrogens with zero attached hydrogens (tertiary/aromatic N) is 4. The molecule has 1 aliphatic carbocycles. The van der Waals surface area contributed by atoms with Gasteiger partial charge in [0, 0.05) is 31.7 Å². The molecule has 4 rings (SSSR count). The number of morpholine rings is 1. The highest BCUT2D eigenvalue weighted by Crippen LogP contribution is 2.39. The monoisotopic (exact) mass is 486 g/mol. The fourth-order valence-electron chi connectivity index (χ4n) is 5.21. The predicted molar refractivity (Wildman–Crippen MR) is 135 cm³/mol. The molecule has 0 bridgehead atoms. The maximum absolute atomic E-state index is 13.4. The number of hydrogen-bond donors (Lipinski definition) is 0. The van der Waals surface area contributed by atoms with Crippen molar-refractivity contribution in [3.63, 3.8) is 0 Å². The van der Waals surface area contributed by atoms with Crippen molar-refractivity contribution in [1.82, 2.24) is 9.47 Å². The fraction of sp³-hybridized carbons (Fsp3) is 0.583. The molecule has 2 aliphatic heterocycles. The highest BCUT2D eigenvalue weighted by Gasteiger charge is 2.38. The number of pyridine rings is 1. The summed E-state index contributed by atoms with van der Waals surface area (Å²) < 4.78 is 8.02. The predicted octanol–water partition coefficient (Wildman–Crippen LogP) is 3.71. The lowest BCUT2D eigenvalue weighted by atomic mass is 9.94. The van der Waals surface area contributed by atoms with Gasteiger partial charge in [-0.1, -0.05) is 43.2 Å². The van der Waals surface area contributed by atoms with Gasteiger partial charge < -0.3 is 9.64 Å². The van der Waals surface area contributed by atoms with Crippen molar-refractivity contribution in [1.29, 1.82) is 5.26 Å². The Labute approximate surface area is 204 Å². The number of ether oxygens (including phenoxy) is 1. The molecule has 1 saturated carbocycles. The highest BCUT2D eigenvalue weighted by atomic mass is 32.2. The van der Waals surface area contributed by atoms with Crippen molar-refractivity contribution in [2.24, 2.45) is 7.05 Å². The molecule has 176 valence electrons. The number of aromatic nitrogens is 1. The molecule has 2 atom stereocenters. The molecule has 7 nitrogen and oxygen atoms in total. The molecule has 0 aromatic carbocycles. The zero-order chi connectivity index (χ0) is 23.9. The van der Waals surface area contributed by atoms with Crippen molar-refractivity contribution in [2.75, 3.05) is 18.0 Å². The average Bonchev–Trinajstić information content (AvgIpc) is 3.05. The standard InChI is InChI=1S/C24H30N4O3S2/c1-14-12-27(13-15(2)31-14)21-18(16(3)19(11-25)22(29)26(21)4)10-20-23(30)28(24(32)33-20)17-8-6-5-7-9-17/h10,14-15,17H,5-9,12-13H2,1-4H3/b20-10-. The molecule has 0 spiro atoms. The number of thiocarbonyl (C=S) groups is 1. The molecule has 33 heavy (non-hydrogen) atoms. The van der Waals surface area contributed by atoms with Crippen LogP contribution >= 0.6 is 24.0 Å². The summed E-state index contributed by atoms with van der Waals surface area (Å²) in [7, 11) is 1.69. The summed E-state index contributed by atoms with van der Waals surface area (Å²) in [6.07, 6.45) is 7.22. The van der Waals surface area contributed by atoms with Crippen LogP contribution < -0.4 is 10.5 Å². The number of thioether (sulfide) groups is 1. The van der Waals surface area contributed by atoms with Gasteiger partial charge in [-0.2, -0.15) is 5.26 Å². The Balaban J connectivity index is 1.81. The first-order chi connectivity index (χ1) is 15.7. The minimum Gasteiger partial charge on any atom is -0.372 e. The van der Waals surface area contributed by atoms with Gasteiger partial charge in [0.15, 0.2) is 0 Å². The van der Waals surface area contributed by atoms with Gasteiger partial charge in [-0.3, -0.25) is 19.1 Å². The summed E-state index contributed by atoms with van der Waals surface area (Å²) in [6.45, 7) is 7.03. The van der Waals surface area contributed by atoms with Gasteiger partial charge in [0.25, 0.3) is 11.5 Å². The third-order valence-corrected chi connectivity index (χ3v) is 8.06. The first-order valence-electron chi connectivity index (χ1n) is 11.5. The van der Waals surface area contributed by atoms with Gasteiger partial charge >= 0.3 is 0 Å². The number of rotatable bonds is 3. The first kappa shape index (κ1) is 24.0. The normalized spacial score (nSPS) is 25.7. The number of carbonyl (C=O) groups excluding carboxylic acids is 1. The lowest BCUT2D eigenvalue weighted by Crippen LogP contribution is -2.47. The Kier molecular flexibility index (Phi) is 6.99. The van der Waals surface area contributed by atoms with Crippen LogP contribution in [0.2, 0.25) is 0 Å². The van der Waals surface area contributed by atoms with E-state index in [2.05, 4.69) is 11.0 Å². The number of carbonyl (C=O) groups is 1. The lowest BCUT2D eigenvalue weighted by molar-refractivity contribution is -0.124. The van der Waals surface area contributed by atoms with E-state index in [-0.39, 0.29) is 35.3 Å². The van der Waals surface area contributed by atoms with Crippen LogP contribution in [0.4, 0.5) is 5.82 Å². The Morgan fingerprint density at radius 2 is 1.79 bits per heavy atom. The first-order valence-corrected chi connectivity index (χ1v) is 12.8. The Bertz CT molecular complexity index is 1100.